The maximum absolute atomic E-state index is 13.7. The molecule has 0 saturated heterocycles. The van der Waals surface area contributed by atoms with E-state index in [0.717, 1.165) is 0 Å². The zero-order chi connectivity index (χ0) is 13.4. The lowest BCUT2D eigenvalue weighted by Crippen LogP contribution is -2.15. The molecule has 0 aliphatic carbocycles. The third kappa shape index (κ3) is 2.15. The fraction of sp³-hybridized carbons (Fsp3) is 0.0714. The summed E-state index contributed by atoms with van der Waals surface area (Å²) in [5.41, 5.74) is 1.52. The zero-order valence-electron chi connectivity index (χ0n) is 9.77. The number of hydrogen-bond acceptors (Lipinski definition) is 2. The van der Waals surface area contributed by atoms with E-state index in [1.165, 1.54) is 10.6 Å². The van der Waals surface area contributed by atoms with Gasteiger partial charge in [-0.2, -0.15) is 0 Å². The molecule has 96 valence electrons. The Balaban J connectivity index is 2.10. The Morgan fingerprint density at radius 2 is 2.00 bits per heavy atom. The van der Waals surface area contributed by atoms with Gasteiger partial charge in [-0.3, -0.25) is 4.57 Å². The molecule has 3 rings (SSSR count). The highest BCUT2D eigenvalue weighted by Gasteiger charge is 2.11. The third-order valence-corrected chi connectivity index (χ3v) is 3.15. The maximum atomic E-state index is 13.7. The van der Waals surface area contributed by atoms with Crippen molar-refractivity contribution in [2.75, 3.05) is 0 Å². The lowest BCUT2D eigenvalue weighted by Gasteiger charge is -2.04. The third-order valence-electron chi connectivity index (χ3n) is 2.92. The highest BCUT2D eigenvalue weighted by Crippen LogP contribution is 2.18. The van der Waals surface area contributed by atoms with E-state index < -0.39 is 11.6 Å². The van der Waals surface area contributed by atoms with Gasteiger partial charge in [-0.1, -0.05) is 29.8 Å². The van der Waals surface area contributed by atoms with Crippen molar-refractivity contribution in [3.63, 3.8) is 0 Å². The lowest BCUT2D eigenvalue weighted by molar-refractivity contribution is 0.512. The number of rotatable bonds is 2. The smallest absolute Gasteiger partial charge is 0.408 e. The molecule has 0 saturated carbocycles. The van der Waals surface area contributed by atoms with Gasteiger partial charge in [-0.15, -0.1) is 0 Å². The molecule has 0 aliphatic heterocycles. The minimum absolute atomic E-state index is 0.110. The van der Waals surface area contributed by atoms with Crippen molar-refractivity contribution < 1.29 is 8.81 Å². The van der Waals surface area contributed by atoms with Crippen LogP contribution in [-0.2, 0) is 6.54 Å². The van der Waals surface area contributed by atoms with Crippen LogP contribution in [0.3, 0.4) is 0 Å². The fourth-order valence-electron chi connectivity index (χ4n) is 1.98. The first kappa shape index (κ1) is 12.0. The summed E-state index contributed by atoms with van der Waals surface area (Å²) in [7, 11) is 0. The molecule has 0 spiro atoms. The number of aromatic nitrogens is 1. The molecule has 19 heavy (non-hydrogen) atoms. The summed E-state index contributed by atoms with van der Waals surface area (Å²) in [5.74, 6) is -0.944. The molecule has 0 aliphatic rings. The molecule has 0 amide bonds. The molecule has 5 heteroatoms. The summed E-state index contributed by atoms with van der Waals surface area (Å²) >= 11 is 5.70. The quantitative estimate of drug-likeness (QED) is 0.719. The van der Waals surface area contributed by atoms with Crippen LogP contribution in [0.2, 0.25) is 5.02 Å². The largest absolute Gasteiger partial charge is 0.420 e. The summed E-state index contributed by atoms with van der Waals surface area (Å²) in [4.78, 5) is 11.8. The van der Waals surface area contributed by atoms with Gasteiger partial charge in [0.15, 0.2) is 5.58 Å². The molecule has 3 aromatic rings. The highest BCUT2D eigenvalue weighted by molar-refractivity contribution is 6.30. The highest BCUT2D eigenvalue weighted by atomic mass is 35.5. The molecule has 3 nitrogen and oxygen atoms in total. The molecular weight excluding hydrogens is 269 g/mol. The Labute approximate surface area is 112 Å². The van der Waals surface area contributed by atoms with Crippen molar-refractivity contribution in [3.8, 4) is 0 Å². The van der Waals surface area contributed by atoms with Crippen LogP contribution in [0.15, 0.2) is 51.7 Å². The first-order valence-electron chi connectivity index (χ1n) is 5.67. The van der Waals surface area contributed by atoms with Gasteiger partial charge in [-0.25, -0.2) is 9.18 Å². The minimum atomic E-state index is -0.504. The normalized spacial score (nSPS) is 11.1. The Morgan fingerprint density at radius 1 is 1.21 bits per heavy atom. The van der Waals surface area contributed by atoms with Gasteiger partial charge >= 0.3 is 5.76 Å². The second kappa shape index (κ2) is 4.55. The van der Waals surface area contributed by atoms with E-state index in [1.807, 2.05) is 0 Å². The standard InChI is InChI=1S/C14H9ClFNO2/c15-10-6-5-9(11(16)7-10)8-17-12-3-1-2-4-13(12)19-14(17)18/h1-7H,8H2. The first-order valence-corrected chi connectivity index (χ1v) is 6.05. The average Bonchev–Trinajstić information content (AvgIpc) is 2.69. The molecule has 0 N–H and O–H groups in total. The van der Waals surface area contributed by atoms with Crippen molar-refractivity contribution in [2.45, 2.75) is 6.54 Å². The van der Waals surface area contributed by atoms with Crippen LogP contribution in [-0.4, -0.2) is 4.57 Å². The first-order chi connectivity index (χ1) is 9.15. The number of para-hydroxylation sites is 2. The predicted octanol–water partition coefficient (Wildman–Crippen LogP) is 3.44. The van der Waals surface area contributed by atoms with Crippen LogP contribution < -0.4 is 5.76 Å². The van der Waals surface area contributed by atoms with Crippen LogP contribution in [0.25, 0.3) is 11.1 Å². The van der Waals surface area contributed by atoms with Gasteiger partial charge in [0.25, 0.3) is 0 Å². The zero-order valence-corrected chi connectivity index (χ0v) is 10.5. The molecule has 1 aromatic heterocycles. The minimum Gasteiger partial charge on any atom is -0.408 e. The Hall–Kier alpha value is -2.07. The van der Waals surface area contributed by atoms with Crippen LogP contribution in [0.4, 0.5) is 4.39 Å². The average molecular weight is 278 g/mol. The lowest BCUT2D eigenvalue weighted by atomic mass is 10.2. The van der Waals surface area contributed by atoms with Crippen LogP contribution in [0.1, 0.15) is 5.56 Å². The van der Waals surface area contributed by atoms with E-state index in [0.29, 0.717) is 21.7 Å². The molecule has 0 fully saturated rings. The molecule has 0 atom stereocenters. The van der Waals surface area contributed by atoms with Gasteiger partial charge in [0, 0.05) is 10.6 Å². The van der Waals surface area contributed by atoms with Gasteiger partial charge in [0.05, 0.1) is 12.1 Å². The van der Waals surface area contributed by atoms with Crippen molar-refractivity contribution in [1.82, 2.24) is 4.57 Å². The number of nitrogens with zero attached hydrogens (tertiary/aromatic N) is 1. The number of benzene rings is 2. The molecule has 0 unspecified atom stereocenters. The topological polar surface area (TPSA) is 35.1 Å². The summed E-state index contributed by atoms with van der Waals surface area (Å²) in [6, 6.07) is 11.4. The van der Waals surface area contributed by atoms with E-state index >= 15 is 0 Å². The second-order valence-electron chi connectivity index (χ2n) is 4.16. The van der Waals surface area contributed by atoms with Crippen molar-refractivity contribution in [2.24, 2.45) is 0 Å². The Morgan fingerprint density at radius 3 is 2.79 bits per heavy atom. The predicted molar refractivity (Wildman–Crippen MR) is 71.0 cm³/mol. The number of oxazole rings is 1. The van der Waals surface area contributed by atoms with Gasteiger partial charge in [0.2, 0.25) is 0 Å². The second-order valence-corrected chi connectivity index (χ2v) is 4.59. The summed E-state index contributed by atoms with van der Waals surface area (Å²) in [5, 5.41) is 0.325. The number of halogens is 2. The summed E-state index contributed by atoms with van der Waals surface area (Å²) in [6.45, 7) is 0.110. The van der Waals surface area contributed by atoms with Crippen molar-refractivity contribution in [3.05, 3.63) is 69.4 Å². The van der Waals surface area contributed by atoms with E-state index in [9.17, 15) is 9.18 Å². The Bertz CT molecular complexity index is 807. The summed E-state index contributed by atoms with van der Waals surface area (Å²) in [6.07, 6.45) is 0. The van der Waals surface area contributed by atoms with Crippen LogP contribution in [0.5, 0.6) is 0 Å². The summed E-state index contributed by atoms with van der Waals surface area (Å²) < 4.78 is 20.2. The molecule has 0 radical (unpaired) electrons. The molecular formula is C14H9ClFNO2. The van der Waals surface area contributed by atoms with E-state index in [1.54, 1.807) is 36.4 Å². The van der Waals surface area contributed by atoms with Crippen LogP contribution in [0, 0.1) is 5.82 Å². The number of hydrogen-bond donors (Lipinski definition) is 0. The van der Waals surface area contributed by atoms with Gasteiger partial charge < -0.3 is 4.42 Å². The van der Waals surface area contributed by atoms with Gasteiger partial charge in [0.1, 0.15) is 5.82 Å². The fourth-order valence-corrected chi connectivity index (χ4v) is 2.14. The molecule has 0 bridgehead atoms. The molecule has 2 aromatic carbocycles. The van der Waals surface area contributed by atoms with E-state index in [4.69, 9.17) is 16.0 Å². The SMILES string of the molecule is O=c1oc2ccccc2n1Cc1ccc(Cl)cc1F. The van der Waals surface area contributed by atoms with Crippen molar-refractivity contribution in [1.29, 1.82) is 0 Å². The van der Waals surface area contributed by atoms with E-state index in [2.05, 4.69) is 0 Å². The molecule has 1 heterocycles. The monoisotopic (exact) mass is 277 g/mol. The van der Waals surface area contributed by atoms with Crippen LogP contribution >= 0.6 is 11.6 Å². The van der Waals surface area contributed by atoms with E-state index in [-0.39, 0.29) is 6.54 Å². The maximum Gasteiger partial charge on any atom is 0.420 e. The Kier molecular flexibility index (Phi) is 2.87. The van der Waals surface area contributed by atoms with Gasteiger partial charge in [-0.05, 0) is 24.3 Å². The van der Waals surface area contributed by atoms with Crippen molar-refractivity contribution >= 4 is 22.7 Å². The number of fused-ring (bicyclic) bond motifs is 1.